The summed E-state index contributed by atoms with van der Waals surface area (Å²) in [6, 6.07) is 9.15. The molecular formula is C23H29N3O2S. The first-order valence-electron chi connectivity index (χ1n) is 10.5. The number of carbonyl (C=O) groups excluding carboxylic acids is 2. The summed E-state index contributed by atoms with van der Waals surface area (Å²) >= 11 is 1.51. The highest BCUT2D eigenvalue weighted by Gasteiger charge is 2.31. The molecule has 0 bridgehead atoms. The molecule has 1 heterocycles. The number of hydrogen-bond acceptors (Lipinski definition) is 4. The lowest BCUT2D eigenvalue weighted by Crippen LogP contribution is -2.34. The lowest BCUT2D eigenvalue weighted by atomic mass is 10.0. The van der Waals surface area contributed by atoms with Crippen LogP contribution in [0.4, 0.5) is 5.00 Å². The van der Waals surface area contributed by atoms with Gasteiger partial charge in [-0.2, -0.15) is 0 Å². The van der Waals surface area contributed by atoms with Crippen LogP contribution in [0.2, 0.25) is 0 Å². The number of primary amides is 1. The first-order chi connectivity index (χ1) is 13.9. The summed E-state index contributed by atoms with van der Waals surface area (Å²) in [6.07, 6.45) is 5.17. The van der Waals surface area contributed by atoms with Gasteiger partial charge in [-0.15, -0.1) is 11.3 Å². The van der Waals surface area contributed by atoms with Crippen LogP contribution in [-0.4, -0.2) is 29.3 Å². The fraction of sp³-hybridized carbons (Fsp3) is 0.478. The zero-order valence-electron chi connectivity index (χ0n) is 17.2. The second kappa shape index (κ2) is 8.28. The van der Waals surface area contributed by atoms with Crippen LogP contribution in [0.1, 0.15) is 71.0 Å². The van der Waals surface area contributed by atoms with Crippen LogP contribution in [0, 0.1) is 0 Å². The molecule has 2 aromatic rings. The van der Waals surface area contributed by atoms with Gasteiger partial charge in [0.2, 0.25) is 5.91 Å². The maximum Gasteiger partial charge on any atom is 0.251 e. The Kier molecular flexibility index (Phi) is 5.74. The number of amides is 2. The third-order valence-electron chi connectivity index (χ3n) is 5.86. The predicted molar refractivity (Wildman–Crippen MR) is 117 cm³/mol. The van der Waals surface area contributed by atoms with Crippen molar-refractivity contribution in [3.8, 4) is 0 Å². The van der Waals surface area contributed by atoms with Crippen molar-refractivity contribution < 1.29 is 9.59 Å². The van der Waals surface area contributed by atoms with E-state index in [9.17, 15) is 9.59 Å². The Labute approximate surface area is 176 Å². The fourth-order valence-electron chi connectivity index (χ4n) is 4.10. The lowest BCUT2D eigenvalue weighted by Gasteiger charge is -2.22. The Morgan fingerprint density at radius 3 is 2.55 bits per heavy atom. The summed E-state index contributed by atoms with van der Waals surface area (Å²) in [6.45, 7) is 5.48. The molecule has 1 aromatic carbocycles. The van der Waals surface area contributed by atoms with Crippen molar-refractivity contribution in [3.63, 3.8) is 0 Å². The molecule has 2 aliphatic carbocycles. The minimum atomic E-state index is -0.441. The molecule has 2 aliphatic rings. The van der Waals surface area contributed by atoms with Crippen molar-refractivity contribution in [2.45, 2.75) is 64.5 Å². The molecule has 5 nitrogen and oxygen atoms in total. The van der Waals surface area contributed by atoms with E-state index < -0.39 is 5.91 Å². The molecule has 1 saturated carbocycles. The predicted octanol–water partition coefficient (Wildman–Crippen LogP) is 4.06. The van der Waals surface area contributed by atoms with Gasteiger partial charge in [0.1, 0.15) is 5.00 Å². The zero-order valence-corrected chi connectivity index (χ0v) is 18.0. The first-order valence-corrected chi connectivity index (χ1v) is 11.3. The van der Waals surface area contributed by atoms with Crippen LogP contribution in [0.5, 0.6) is 0 Å². The van der Waals surface area contributed by atoms with Crippen LogP contribution < -0.4 is 11.1 Å². The molecule has 4 rings (SSSR count). The number of carbonyl (C=O) groups is 2. The zero-order chi connectivity index (χ0) is 20.5. The van der Waals surface area contributed by atoms with Gasteiger partial charge in [-0.05, 0) is 54.7 Å². The maximum atomic E-state index is 12.8. The van der Waals surface area contributed by atoms with E-state index in [1.54, 1.807) is 0 Å². The highest BCUT2D eigenvalue weighted by atomic mass is 32.1. The second-order valence-electron chi connectivity index (χ2n) is 8.51. The number of aryl methyl sites for hydroxylation is 1. The van der Waals surface area contributed by atoms with Gasteiger partial charge < -0.3 is 11.1 Å². The van der Waals surface area contributed by atoms with Crippen molar-refractivity contribution in [3.05, 3.63) is 51.4 Å². The molecule has 1 fully saturated rings. The van der Waals surface area contributed by atoms with Gasteiger partial charge in [-0.1, -0.05) is 38.1 Å². The van der Waals surface area contributed by atoms with E-state index in [1.165, 1.54) is 27.3 Å². The van der Waals surface area contributed by atoms with Gasteiger partial charge in [0.05, 0.1) is 12.1 Å². The number of hydrogen-bond donors (Lipinski definition) is 2. The van der Waals surface area contributed by atoms with E-state index in [0.29, 0.717) is 29.1 Å². The number of rotatable bonds is 8. The topological polar surface area (TPSA) is 75.4 Å². The Balaban J connectivity index is 1.43. The quantitative estimate of drug-likeness (QED) is 0.688. The summed E-state index contributed by atoms with van der Waals surface area (Å²) in [7, 11) is 0. The summed E-state index contributed by atoms with van der Waals surface area (Å²) in [5.74, 6) is 0.00310. The van der Waals surface area contributed by atoms with E-state index in [4.69, 9.17) is 5.73 Å². The summed E-state index contributed by atoms with van der Waals surface area (Å²) in [5, 5.41) is 3.61. The van der Waals surface area contributed by atoms with Crippen LogP contribution in [0.25, 0.3) is 0 Å². The van der Waals surface area contributed by atoms with E-state index >= 15 is 0 Å². The molecule has 3 N–H and O–H groups in total. The van der Waals surface area contributed by atoms with Crippen LogP contribution >= 0.6 is 11.3 Å². The van der Waals surface area contributed by atoms with E-state index in [-0.39, 0.29) is 5.91 Å². The number of fused-ring (bicyclic) bond motifs is 1. The van der Waals surface area contributed by atoms with Crippen molar-refractivity contribution in [2.24, 2.45) is 5.73 Å². The number of nitrogens with zero attached hydrogens (tertiary/aromatic N) is 1. The van der Waals surface area contributed by atoms with E-state index in [0.717, 1.165) is 44.2 Å². The molecular weight excluding hydrogens is 382 g/mol. The number of anilines is 1. The molecule has 0 spiro atoms. The Hall–Kier alpha value is -2.18. The largest absolute Gasteiger partial charge is 0.365 e. The van der Waals surface area contributed by atoms with Gasteiger partial charge in [0.15, 0.2) is 0 Å². The monoisotopic (exact) mass is 411 g/mol. The fourth-order valence-corrected chi connectivity index (χ4v) is 5.41. The molecule has 29 heavy (non-hydrogen) atoms. The third kappa shape index (κ3) is 4.54. The number of nitrogens with two attached hydrogens (primary N) is 1. The number of nitrogens with one attached hydrogen (secondary N) is 1. The first kappa shape index (κ1) is 20.1. The van der Waals surface area contributed by atoms with Crippen LogP contribution in [0.3, 0.4) is 0 Å². The maximum absolute atomic E-state index is 12.8. The number of benzene rings is 1. The molecule has 0 unspecified atom stereocenters. The van der Waals surface area contributed by atoms with Crippen LogP contribution in [-0.2, 0) is 24.2 Å². The van der Waals surface area contributed by atoms with Crippen molar-refractivity contribution >= 4 is 28.2 Å². The van der Waals surface area contributed by atoms with Crippen LogP contribution in [0.15, 0.2) is 24.3 Å². The molecule has 154 valence electrons. The van der Waals surface area contributed by atoms with E-state index in [1.807, 2.05) is 0 Å². The number of thiophene rings is 1. The second-order valence-corrected chi connectivity index (χ2v) is 9.61. The average molecular weight is 412 g/mol. The minimum Gasteiger partial charge on any atom is -0.365 e. The van der Waals surface area contributed by atoms with E-state index in [2.05, 4.69) is 48.3 Å². The van der Waals surface area contributed by atoms with Gasteiger partial charge in [0.25, 0.3) is 5.91 Å². The van der Waals surface area contributed by atoms with Gasteiger partial charge in [-0.3, -0.25) is 14.5 Å². The van der Waals surface area contributed by atoms with Gasteiger partial charge in [-0.25, -0.2) is 0 Å². The molecule has 0 saturated heterocycles. The molecule has 0 aliphatic heterocycles. The molecule has 2 amide bonds. The van der Waals surface area contributed by atoms with Crippen molar-refractivity contribution in [2.75, 3.05) is 11.9 Å². The third-order valence-corrected chi connectivity index (χ3v) is 7.07. The minimum absolute atomic E-state index is 0.0712. The van der Waals surface area contributed by atoms with Crippen molar-refractivity contribution in [1.29, 1.82) is 0 Å². The standard InChI is InChI=1S/C23H29N3O2S/c1-14(2)16-8-6-15(7-9-16)12-26(17-10-11-17)13-20(27)25-23-21(22(24)28)18-4-3-5-19(18)29-23/h6-9,14,17H,3-5,10-13H2,1-2H3,(H2,24,28)(H,25,27). The Morgan fingerprint density at radius 1 is 1.21 bits per heavy atom. The Bertz CT molecular complexity index is 913. The Morgan fingerprint density at radius 2 is 1.93 bits per heavy atom. The lowest BCUT2D eigenvalue weighted by molar-refractivity contribution is -0.117. The molecule has 6 heteroatoms. The van der Waals surface area contributed by atoms with Gasteiger partial charge >= 0.3 is 0 Å². The highest BCUT2D eigenvalue weighted by molar-refractivity contribution is 7.17. The molecule has 1 aromatic heterocycles. The summed E-state index contributed by atoms with van der Waals surface area (Å²) < 4.78 is 0. The normalized spacial score (nSPS) is 15.7. The average Bonchev–Trinajstić information content (AvgIpc) is 3.33. The van der Waals surface area contributed by atoms with Crippen molar-refractivity contribution in [1.82, 2.24) is 4.90 Å². The SMILES string of the molecule is CC(C)c1ccc(CN(CC(=O)Nc2sc3c(c2C(N)=O)CCC3)C2CC2)cc1. The summed E-state index contributed by atoms with van der Waals surface area (Å²) in [4.78, 5) is 28.2. The van der Waals surface area contributed by atoms with Gasteiger partial charge in [0, 0.05) is 17.5 Å². The molecule has 0 atom stereocenters. The summed E-state index contributed by atoms with van der Waals surface area (Å²) in [5.41, 5.74) is 9.73. The smallest absolute Gasteiger partial charge is 0.251 e. The molecule has 0 radical (unpaired) electrons. The highest BCUT2D eigenvalue weighted by Crippen LogP contribution is 2.39.